The fourth-order valence-electron chi connectivity index (χ4n) is 2.99. The second kappa shape index (κ2) is 9.14. The lowest BCUT2D eigenvalue weighted by Gasteiger charge is -2.22. The lowest BCUT2D eigenvalue weighted by atomic mass is 9.87. The van der Waals surface area contributed by atoms with Gasteiger partial charge in [-0.2, -0.15) is 0 Å². The molecule has 1 aromatic heterocycles. The topological polar surface area (TPSA) is 126 Å². The van der Waals surface area contributed by atoms with Gasteiger partial charge in [-0.1, -0.05) is 24.5 Å². The Morgan fingerprint density at radius 3 is 2.72 bits per heavy atom. The number of carbonyl (C=O) groups is 3. The van der Waals surface area contributed by atoms with Gasteiger partial charge in [0.2, 0.25) is 11.8 Å². The zero-order valence-electron chi connectivity index (χ0n) is 14.4. The van der Waals surface area contributed by atoms with E-state index in [0.29, 0.717) is 18.0 Å². The van der Waals surface area contributed by atoms with Gasteiger partial charge >= 0.3 is 5.97 Å². The SMILES string of the molecule is CC(NC(=O)CC1CCCCC1)C(=O)NCc1cn(CC(=O)O)nn1. The maximum Gasteiger partial charge on any atom is 0.325 e. The molecule has 138 valence electrons. The van der Waals surface area contributed by atoms with Gasteiger partial charge in [0.05, 0.1) is 12.7 Å². The van der Waals surface area contributed by atoms with Crippen molar-refractivity contribution in [3.05, 3.63) is 11.9 Å². The summed E-state index contributed by atoms with van der Waals surface area (Å²) in [6.45, 7) is 1.48. The first kappa shape index (κ1) is 18.9. The van der Waals surface area contributed by atoms with Crippen LogP contribution in [0, 0.1) is 5.92 Å². The van der Waals surface area contributed by atoms with Gasteiger partial charge in [-0.25, -0.2) is 4.68 Å². The summed E-state index contributed by atoms with van der Waals surface area (Å²) in [4.78, 5) is 34.7. The van der Waals surface area contributed by atoms with Gasteiger partial charge in [-0.05, 0) is 25.7 Å². The van der Waals surface area contributed by atoms with E-state index in [1.807, 2.05) is 0 Å². The molecule has 1 heterocycles. The fraction of sp³-hybridized carbons (Fsp3) is 0.688. The molecule has 0 spiro atoms. The minimum atomic E-state index is -1.02. The van der Waals surface area contributed by atoms with Crippen LogP contribution in [-0.4, -0.2) is 43.9 Å². The Labute approximate surface area is 146 Å². The van der Waals surface area contributed by atoms with Crippen LogP contribution in [0.2, 0.25) is 0 Å². The molecule has 1 unspecified atom stereocenters. The summed E-state index contributed by atoms with van der Waals surface area (Å²) < 4.78 is 1.18. The van der Waals surface area contributed by atoms with E-state index in [1.165, 1.54) is 30.1 Å². The van der Waals surface area contributed by atoms with Crippen molar-refractivity contribution in [3.8, 4) is 0 Å². The fourth-order valence-corrected chi connectivity index (χ4v) is 2.99. The van der Waals surface area contributed by atoms with Crippen LogP contribution in [0.15, 0.2) is 6.20 Å². The monoisotopic (exact) mass is 351 g/mol. The molecule has 1 atom stereocenters. The summed E-state index contributed by atoms with van der Waals surface area (Å²) >= 11 is 0. The summed E-state index contributed by atoms with van der Waals surface area (Å²) in [6, 6.07) is -0.634. The van der Waals surface area contributed by atoms with Crippen LogP contribution < -0.4 is 10.6 Å². The van der Waals surface area contributed by atoms with E-state index >= 15 is 0 Å². The lowest BCUT2D eigenvalue weighted by molar-refractivity contribution is -0.138. The summed E-state index contributed by atoms with van der Waals surface area (Å²) in [7, 11) is 0. The predicted molar refractivity (Wildman–Crippen MR) is 88.3 cm³/mol. The molecule has 9 nitrogen and oxygen atoms in total. The highest BCUT2D eigenvalue weighted by Crippen LogP contribution is 2.26. The highest BCUT2D eigenvalue weighted by atomic mass is 16.4. The van der Waals surface area contributed by atoms with Crippen LogP contribution >= 0.6 is 0 Å². The number of carboxylic acid groups (broad SMARTS) is 1. The number of nitrogens with one attached hydrogen (secondary N) is 2. The van der Waals surface area contributed by atoms with Crippen LogP contribution in [0.4, 0.5) is 0 Å². The van der Waals surface area contributed by atoms with Crippen molar-refractivity contribution in [1.29, 1.82) is 0 Å². The van der Waals surface area contributed by atoms with Crippen molar-refractivity contribution in [2.45, 2.75) is 64.6 Å². The molecular formula is C16H25N5O4. The largest absolute Gasteiger partial charge is 0.480 e. The average Bonchev–Trinajstić information content (AvgIpc) is 3.00. The molecule has 0 aliphatic heterocycles. The summed E-state index contributed by atoms with van der Waals surface area (Å²) in [5.74, 6) is -1.00. The molecule has 1 aliphatic carbocycles. The van der Waals surface area contributed by atoms with Crippen LogP contribution in [-0.2, 0) is 27.5 Å². The van der Waals surface area contributed by atoms with E-state index in [1.54, 1.807) is 6.92 Å². The molecule has 2 rings (SSSR count). The first-order chi connectivity index (χ1) is 11.9. The molecule has 1 saturated carbocycles. The number of aliphatic carboxylic acids is 1. The number of aromatic nitrogens is 3. The first-order valence-electron chi connectivity index (χ1n) is 8.62. The van der Waals surface area contributed by atoms with Gasteiger partial charge in [0.15, 0.2) is 0 Å². The molecule has 9 heteroatoms. The first-order valence-corrected chi connectivity index (χ1v) is 8.62. The molecule has 1 fully saturated rings. The molecule has 3 N–H and O–H groups in total. The molecule has 0 radical (unpaired) electrons. The maximum atomic E-state index is 12.1. The molecule has 0 aromatic carbocycles. The molecule has 2 amide bonds. The molecular weight excluding hydrogens is 326 g/mol. The number of nitrogens with zero attached hydrogens (tertiary/aromatic N) is 3. The third kappa shape index (κ3) is 6.52. The van der Waals surface area contributed by atoms with E-state index in [4.69, 9.17) is 5.11 Å². The summed E-state index contributed by atoms with van der Waals surface area (Å²) in [5.41, 5.74) is 0.454. The molecule has 0 saturated heterocycles. The lowest BCUT2D eigenvalue weighted by Crippen LogP contribution is -2.45. The Morgan fingerprint density at radius 1 is 1.32 bits per heavy atom. The average molecular weight is 351 g/mol. The van der Waals surface area contributed by atoms with Crippen molar-refractivity contribution in [2.24, 2.45) is 5.92 Å². The Hall–Kier alpha value is -2.45. The molecule has 1 aromatic rings. The highest BCUT2D eigenvalue weighted by Gasteiger charge is 2.20. The van der Waals surface area contributed by atoms with E-state index in [0.717, 1.165) is 12.8 Å². The number of hydrogen-bond acceptors (Lipinski definition) is 5. The third-order valence-electron chi connectivity index (χ3n) is 4.30. The molecule has 0 bridgehead atoms. The molecule has 25 heavy (non-hydrogen) atoms. The smallest absolute Gasteiger partial charge is 0.325 e. The number of amides is 2. The third-order valence-corrected chi connectivity index (χ3v) is 4.30. The summed E-state index contributed by atoms with van der Waals surface area (Å²) in [5, 5.41) is 21.5. The normalized spacial score (nSPS) is 16.2. The Morgan fingerprint density at radius 2 is 2.04 bits per heavy atom. The predicted octanol–water partition coefficient (Wildman–Crippen LogP) is 0.454. The second-order valence-corrected chi connectivity index (χ2v) is 6.52. The number of carbonyl (C=O) groups excluding carboxylic acids is 2. The standard InChI is InChI=1S/C16H25N5O4/c1-11(18-14(22)7-12-5-3-2-4-6-12)16(25)17-8-13-9-21(20-19-13)10-15(23)24/h9,11-12H,2-8,10H2,1H3,(H,17,25)(H,18,22)(H,23,24). The maximum absolute atomic E-state index is 12.1. The van der Waals surface area contributed by atoms with Gasteiger partial charge in [-0.3, -0.25) is 14.4 Å². The summed E-state index contributed by atoms with van der Waals surface area (Å²) in [6.07, 6.45) is 7.70. The van der Waals surface area contributed by atoms with Gasteiger partial charge < -0.3 is 15.7 Å². The second-order valence-electron chi connectivity index (χ2n) is 6.52. The molecule has 1 aliphatic rings. The van der Waals surface area contributed by atoms with E-state index < -0.39 is 12.0 Å². The van der Waals surface area contributed by atoms with Gasteiger partial charge in [0.25, 0.3) is 0 Å². The zero-order chi connectivity index (χ0) is 18.2. The minimum Gasteiger partial charge on any atom is -0.480 e. The van der Waals surface area contributed by atoms with Crippen molar-refractivity contribution < 1.29 is 19.5 Å². The van der Waals surface area contributed by atoms with E-state index in [2.05, 4.69) is 20.9 Å². The highest BCUT2D eigenvalue weighted by molar-refractivity contribution is 5.87. The van der Waals surface area contributed by atoms with Crippen molar-refractivity contribution in [3.63, 3.8) is 0 Å². The number of hydrogen-bond donors (Lipinski definition) is 3. The van der Waals surface area contributed by atoms with Crippen molar-refractivity contribution >= 4 is 17.8 Å². The zero-order valence-corrected chi connectivity index (χ0v) is 14.4. The van der Waals surface area contributed by atoms with Crippen LogP contribution in [0.25, 0.3) is 0 Å². The quantitative estimate of drug-likeness (QED) is 0.624. The Balaban J connectivity index is 1.71. The number of carboxylic acids is 1. The van der Waals surface area contributed by atoms with Gasteiger partial charge in [-0.15, -0.1) is 5.10 Å². The van der Waals surface area contributed by atoms with E-state index in [-0.39, 0.29) is 24.9 Å². The van der Waals surface area contributed by atoms with E-state index in [9.17, 15) is 14.4 Å². The minimum absolute atomic E-state index is 0.0954. The number of rotatable bonds is 8. The van der Waals surface area contributed by atoms with Crippen LogP contribution in [0.5, 0.6) is 0 Å². The Bertz CT molecular complexity index is 609. The van der Waals surface area contributed by atoms with Crippen LogP contribution in [0.3, 0.4) is 0 Å². The van der Waals surface area contributed by atoms with Crippen LogP contribution in [0.1, 0.15) is 51.1 Å². The Kier molecular flexibility index (Phi) is 6.91. The van der Waals surface area contributed by atoms with Crippen molar-refractivity contribution in [1.82, 2.24) is 25.6 Å². The van der Waals surface area contributed by atoms with Gasteiger partial charge in [0.1, 0.15) is 18.3 Å². The van der Waals surface area contributed by atoms with Gasteiger partial charge in [0, 0.05) is 6.42 Å². The van der Waals surface area contributed by atoms with Crippen molar-refractivity contribution in [2.75, 3.05) is 0 Å².